The molecule has 0 atom stereocenters. The molecule has 1 amide bonds. The molecule has 2 aliphatic heterocycles. The fourth-order valence-corrected chi connectivity index (χ4v) is 1.68. The van der Waals surface area contributed by atoms with Gasteiger partial charge in [-0.2, -0.15) is 0 Å². The van der Waals surface area contributed by atoms with E-state index in [1.165, 1.54) is 0 Å². The highest BCUT2D eigenvalue weighted by Gasteiger charge is 2.20. The minimum Gasteiger partial charge on any atom is -0.267 e. The van der Waals surface area contributed by atoms with Gasteiger partial charge in [0.05, 0.1) is 10.9 Å². The Balaban J connectivity index is 2.57. The topological polar surface area (TPSA) is 41.8 Å². The highest BCUT2D eigenvalue weighted by Crippen LogP contribution is 2.16. The molecule has 0 bridgehead atoms. The van der Waals surface area contributed by atoms with Gasteiger partial charge in [0.2, 0.25) is 0 Å². The monoisotopic (exact) mass is 182 g/mol. The van der Waals surface area contributed by atoms with Crippen LogP contribution in [0, 0.1) is 0 Å². The number of para-hydroxylation sites is 1. The van der Waals surface area contributed by atoms with Gasteiger partial charge in [0.15, 0.2) is 0 Å². The molecule has 2 aliphatic rings. The second-order valence-corrected chi connectivity index (χ2v) is 3.17. The molecule has 0 saturated carbocycles. The summed E-state index contributed by atoms with van der Waals surface area (Å²) in [5.74, 6) is -0.198. The number of hydrogen-bond donors (Lipinski definition) is 0. The molecule has 14 heavy (non-hydrogen) atoms. The summed E-state index contributed by atoms with van der Waals surface area (Å²) in [4.78, 5) is 19.5. The minimum atomic E-state index is -0.198. The largest absolute Gasteiger partial charge is 0.279 e. The van der Waals surface area contributed by atoms with Crippen LogP contribution in [0.2, 0.25) is 0 Å². The number of benzene rings is 1. The van der Waals surface area contributed by atoms with Crippen LogP contribution in [0.15, 0.2) is 46.0 Å². The van der Waals surface area contributed by atoms with Crippen LogP contribution in [0.25, 0.3) is 5.57 Å². The SMILES string of the molecule is O=C1N=c2ccccc2=C2C=NC=C12. The molecule has 0 fully saturated rings. The summed E-state index contributed by atoms with van der Waals surface area (Å²) in [5.41, 5.74) is 1.49. The second-order valence-electron chi connectivity index (χ2n) is 3.17. The van der Waals surface area contributed by atoms with Crippen LogP contribution in [0.4, 0.5) is 0 Å². The van der Waals surface area contributed by atoms with E-state index in [-0.39, 0.29) is 5.91 Å². The van der Waals surface area contributed by atoms with Gasteiger partial charge < -0.3 is 0 Å². The summed E-state index contributed by atoms with van der Waals surface area (Å²) < 4.78 is 0. The summed E-state index contributed by atoms with van der Waals surface area (Å²) in [6, 6.07) is 7.59. The number of rotatable bonds is 0. The van der Waals surface area contributed by atoms with Crippen molar-refractivity contribution in [2.75, 3.05) is 0 Å². The number of nitrogens with zero attached hydrogens (tertiary/aromatic N) is 2. The molecule has 0 saturated heterocycles. The summed E-state index contributed by atoms with van der Waals surface area (Å²) in [5, 5.41) is 1.72. The van der Waals surface area contributed by atoms with E-state index in [0.29, 0.717) is 5.57 Å². The number of fused-ring (bicyclic) bond motifs is 2. The van der Waals surface area contributed by atoms with E-state index in [2.05, 4.69) is 9.98 Å². The highest BCUT2D eigenvalue weighted by atomic mass is 16.1. The third-order valence-corrected chi connectivity index (χ3v) is 2.34. The zero-order chi connectivity index (χ0) is 9.54. The molecule has 0 N–H and O–H groups in total. The van der Waals surface area contributed by atoms with Crippen molar-refractivity contribution in [1.82, 2.24) is 0 Å². The molecule has 66 valence electrons. The molecular formula is C11H6N2O. The standard InChI is InChI=1S/C11H6N2O/c14-11-9-6-12-5-8(9)7-3-1-2-4-10(7)13-11/h1-6H. The van der Waals surface area contributed by atoms with Crippen molar-refractivity contribution in [1.29, 1.82) is 0 Å². The van der Waals surface area contributed by atoms with E-state index in [4.69, 9.17) is 0 Å². The van der Waals surface area contributed by atoms with Crippen molar-refractivity contribution < 1.29 is 4.79 Å². The lowest BCUT2D eigenvalue weighted by Gasteiger charge is -2.04. The summed E-state index contributed by atoms with van der Waals surface area (Å²) in [7, 11) is 0. The number of carbonyl (C=O) groups is 1. The molecule has 1 aromatic carbocycles. The lowest BCUT2D eigenvalue weighted by molar-refractivity contribution is -0.114. The van der Waals surface area contributed by atoms with Crippen LogP contribution in [0.1, 0.15) is 0 Å². The van der Waals surface area contributed by atoms with Gasteiger partial charge in [-0.3, -0.25) is 9.79 Å². The molecule has 0 aliphatic carbocycles. The van der Waals surface area contributed by atoms with Crippen LogP contribution < -0.4 is 10.6 Å². The molecule has 0 unspecified atom stereocenters. The average Bonchev–Trinajstić information content (AvgIpc) is 2.67. The maximum Gasteiger partial charge on any atom is 0.279 e. The highest BCUT2D eigenvalue weighted by molar-refractivity contribution is 6.24. The van der Waals surface area contributed by atoms with Crippen LogP contribution >= 0.6 is 0 Å². The van der Waals surface area contributed by atoms with Crippen molar-refractivity contribution in [3.63, 3.8) is 0 Å². The smallest absolute Gasteiger partial charge is 0.267 e. The van der Waals surface area contributed by atoms with Crippen LogP contribution in [-0.2, 0) is 4.79 Å². The van der Waals surface area contributed by atoms with Crippen molar-refractivity contribution >= 4 is 17.7 Å². The van der Waals surface area contributed by atoms with Gasteiger partial charge in [0.25, 0.3) is 5.91 Å². The van der Waals surface area contributed by atoms with Crippen LogP contribution in [0.5, 0.6) is 0 Å². The van der Waals surface area contributed by atoms with E-state index < -0.39 is 0 Å². The molecular weight excluding hydrogens is 176 g/mol. The van der Waals surface area contributed by atoms with Gasteiger partial charge >= 0.3 is 0 Å². The lowest BCUT2D eigenvalue weighted by Crippen LogP contribution is -2.33. The van der Waals surface area contributed by atoms with Gasteiger partial charge in [-0.25, -0.2) is 4.99 Å². The lowest BCUT2D eigenvalue weighted by atomic mass is 10.0. The molecule has 3 rings (SSSR count). The van der Waals surface area contributed by atoms with Gasteiger partial charge in [0, 0.05) is 23.2 Å². The molecule has 3 heteroatoms. The average molecular weight is 182 g/mol. The molecule has 3 nitrogen and oxygen atoms in total. The van der Waals surface area contributed by atoms with Gasteiger partial charge in [-0.1, -0.05) is 18.2 Å². The Kier molecular flexibility index (Phi) is 1.31. The number of amides is 1. The Bertz CT molecular complexity index is 608. The summed E-state index contributed by atoms with van der Waals surface area (Å²) in [6.07, 6.45) is 3.28. The van der Waals surface area contributed by atoms with Crippen LogP contribution in [-0.4, -0.2) is 12.1 Å². The van der Waals surface area contributed by atoms with E-state index in [9.17, 15) is 4.79 Å². The number of hydrogen-bond acceptors (Lipinski definition) is 2. The molecule has 2 heterocycles. The predicted molar refractivity (Wildman–Crippen MR) is 52.2 cm³/mol. The molecule has 0 spiro atoms. The Labute approximate surface area is 79.8 Å². The fraction of sp³-hybridized carbons (Fsp3) is 0. The van der Waals surface area contributed by atoms with Gasteiger partial charge in [-0.15, -0.1) is 0 Å². The fourth-order valence-electron chi connectivity index (χ4n) is 1.68. The Morgan fingerprint density at radius 1 is 1.14 bits per heavy atom. The molecule has 0 aromatic heterocycles. The van der Waals surface area contributed by atoms with E-state index in [1.54, 1.807) is 12.4 Å². The maximum atomic E-state index is 11.5. The van der Waals surface area contributed by atoms with Crippen molar-refractivity contribution in [3.8, 4) is 0 Å². The van der Waals surface area contributed by atoms with Gasteiger partial charge in [-0.05, 0) is 6.07 Å². The third-order valence-electron chi connectivity index (χ3n) is 2.34. The van der Waals surface area contributed by atoms with Crippen LogP contribution in [0.3, 0.4) is 0 Å². The first kappa shape index (κ1) is 7.38. The summed E-state index contributed by atoms with van der Waals surface area (Å²) in [6.45, 7) is 0. The predicted octanol–water partition coefficient (Wildman–Crippen LogP) is -0.0346. The van der Waals surface area contributed by atoms with E-state index >= 15 is 0 Å². The van der Waals surface area contributed by atoms with E-state index in [0.717, 1.165) is 16.1 Å². The van der Waals surface area contributed by atoms with E-state index in [1.807, 2.05) is 24.3 Å². The maximum absolute atomic E-state index is 11.5. The van der Waals surface area contributed by atoms with Crippen molar-refractivity contribution in [2.45, 2.75) is 0 Å². The molecule has 1 aromatic rings. The Morgan fingerprint density at radius 3 is 2.93 bits per heavy atom. The van der Waals surface area contributed by atoms with Gasteiger partial charge in [0.1, 0.15) is 0 Å². The van der Waals surface area contributed by atoms with Crippen molar-refractivity contribution in [2.24, 2.45) is 9.98 Å². The third kappa shape index (κ3) is 0.836. The number of carbonyl (C=O) groups excluding carboxylic acids is 1. The zero-order valence-electron chi connectivity index (χ0n) is 7.27. The first-order chi connectivity index (χ1) is 6.86. The summed E-state index contributed by atoms with van der Waals surface area (Å²) >= 11 is 0. The molecule has 0 radical (unpaired) electrons. The quantitative estimate of drug-likeness (QED) is 0.555. The minimum absolute atomic E-state index is 0.198. The Hall–Kier alpha value is -2.03. The normalized spacial score (nSPS) is 17.3. The first-order valence-corrected chi connectivity index (χ1v) is 4.32. The first-order valence-electron chi connectivity index (χ1n) is 4.32. The zero-order valence-corrected chi connectivity index (χ0v) is 7.27. The number of aliphatic imine (C=N–C) groups is 1. The second kappa shape index (κ2) is 2.48. The van der Waals surface area contributed by atoms with Crippen molar-refractivity contribution in [3.05, 3.63) is 46.6 Å². The Morgan fingerprint density at radius 2 is 2.00 bits per heavy atom.